The number of esters is 2. The second-order valence-electron chi connectivity index (χ2n) is 6.19. The van der Waals surface area contributed by atoms with Crippen LogP contribution < -0.4 is 0 Å². The van der Waals surface area contributed by atoms with E-state index in [1.54, 1.807) is 6.92 Å². The molecule has 2 aliphatic carbocycles. The number of nitriles is 2. The van der Waals surface area contributed by atoms with Gasteiger partial charge in [-0.15, -0.1) is 0 Å². The molecule has 21 heavy (non-hydrogen) atoms. The van der Waals surface area contributed by atoms with E-state index in [4.69, 9.17) is 20.0 Å². The Morgan fingerprint density at radius 3 is 1.95 bits per heavy atom. The van der Waals surface area contributed by atoms with Crippen LogP contribution in [-0.2, 0) is 19.1 Å². The summed E-state index contributed by atoms with van der Waals surface area (Å²) in [5, 5.41) is 18.0. The van der Waals surface area contributed by atoms with E-state index in [-0.39, 0.29) is 18.4 Å². The Morgan fingerprint density at radius 2 is 1.57 bits per heavy atom. The van der Waals surface area contributed by atoms with E-state index >= 15 is 0 Å². The summed E-state index contributed by atoms with van der Waals surface area (Å²) in [6, 6.07) is 3.99. The Bertz CT molecular complexity index is 561. The Labute approximate surface area is 123 Å². The minimum atomic E-state index is -1.03. The molecule has 6 nitrogen and oxygen atoms in total. The van der Waals surface area contributed by atoms with Crippen molar-refractivity contribution in [1.82, 2.24) is 0 Å². The average molecular weight is 290 g/mol. The van der Waals surface area contributed by atoms with Crippen LogP contribution >= 0.6 is 0 Å². The number of hydrogen-bond donors (Lipinski definition) is 0. The van der Waals surface area contributed by atoms with Crippen molar-refractivity contribution in [1.29, 1.82) is 10.5 Å². The minimum absolute atomic E-state index is 0.000998. The van der Waals surface area contributed by atoms with Crippen molar-refractivity contribution in [2.75, 3.05) is 6.61 Å². The second-order valence-corrected chi connectivity index (χ2v) is 6.19. The summed E-state index contributed by atoms with van der Waals surface area (Å²) in [6.07, 6.45) is 0.374. The van der Waals surface area contributed by atoms with Crippen LogP contribution in [0.3, 0.4) is 0 Å². The van der Waals surface area contributed by atoms with Gasteiger partial charge in [0.25, 0.3) is 0 Å². The van der Waals surface area contributed by atoms with Crippen molar-refractivity contribution >= 4 is 11.9 Å². The van der Waals surface area contributed by atoms with Crippen LogP contribution in [0.25, 0.3) is 0 Å². The number of nitrogens with zero attached hydrogens (tertiary/aromatic N) is 2. The highest BCUT2D eigenvalue weighted by molar-refractivity contribution is 5.85. The molecule has 112 valence electrons. The molecule has 0 aromatic heterocycles. The largest absolute Gasteiger partial charge is 0.461 e. The lowest BCUT2D eigenvalue weighted by Crippen LogP contribution is -2.29. The summed E-state index contributed by atoms with van der Waals surface area (Å²) in [6.45, 7) is 5.13. The van der Waals surface area contributed by atoms with E-state index in [0.717, 1.165) is 0 Å². The van der Waals surface area contributed by atoms with E-state index in [0.29, 0.717) is 12.8 Å². The summed E-state index contributed by atoms with van der Waals surface area (Å²) in [7, 11) is 0. The number of carbonyl (C=O) groups excluding carboxylic acids is 2. The molecule has 0 aliphatic heterocycles. The summed E-state index contributed by atoms with van der Waals surface area (Å²) < 4.78 is 10.2. The van der Waals surface area contributed by atoms with Gasteiger partial charge >= 0.3 is 11.9 Å². The zero-order valence-corrected chi connectivity index (χ0v) is 12.4. The topological polar surface area (TPSA) is 100 Å². The first-order valence-corrected chi connectivity index (χ1v) is 7.03. The molecule has 2 saturated carbocycles. The van der Waals surface area contributed by atoms with E-state index < -0.39 is 28.9 Å². The Kier molecular flexibility index (Phi) is 3.67. The van der Waals surface area contributed by atoms with E-state index in [1.165, 1.54) is 0 Å². The standard InChI is InChI=1S/C15H18N2O4/c1-9-4-14(9,7-16)12(18)20-6-11(3)21-13(19)15(8-17)5-10(15)2/h9-11H,4-6H2,1-3H3. The van der Waals surface area contributed by atoms with Crippen LogP contribution in [0.2, 0.25) is 0 Å². The van der Waals surface area contributed by atoms with Gasteiger partial charge in [-0.25, -0.2) is 0 Å². The molecule has 0 saturated heterocycles. The van der Waals surface area contributed by atoms with E-state index in [9.17, 15) is 9.59 Å². The maximum atomic E-state index is 11.9. The first-order chi connectivity index (χ1) is 9.82. The van der Waals surface area contributed by atoms with Gasteiger partial charge in [0.2, 0.25) is 0 Å². The van der Waals surface area contributed by atoms with Crippen molar-refractivity contribution in [3.05, 3.63) is 0 Å². The van der Waals surface area contributed by atoms with E-state index in [1.807, 2.05) is 26.0 Å². The van der Waals surface area contributed by atoms with Crippen molar-refractivity contribution in [3.8, 4) is 12.1 Å². The molecular weight excluding hydrogens is 272 g/mol. The van der Waals surface area contributed by atoms with Gasteiger partial charge in [0.05, 0.1) is 12.1 Å². The van der Waals surface area contributed by atoms with E-state index in [2.05, 4.69) is 0 Å². The SMILES string of the molecule is CC(COC(=O)C1(C#N)CC1C)OC(=O)C1(C#N)CC1C. The molecule has 2 rings (SSSR count). The fraction of sp³-hybridized carbons (Fsp3) is 0.733. The smallest absolute Gasteiger partial charge is 0.327 e. The molecule has 0 amide bonds. The summed E-state index contributed by atoms with van der Waals surface area (Å²) >= 11 is 0. The lowest BCUT2D eigenvalue weighted by molar-refractivity contribution is -0.163. The zero-order chi connectivity index (χ0) is 15.8. The van der Waals surface area contributed by atoms with Crippen molar-refractivity contribution in [2.45, 2.75) is 39.7 Å². The quantitative estimate of drug-likeness (QED) is 0.712. The van der Waals surface area contributed by atoms with Crippen LogP contribution in [0.15, 0.2) is 0 Å². The van der Waals surface area contributed by atoms with Gasteiger partial charge in [-0.3, -0.25) is 9.59 Å². The molecule has 0 heterocycles. The highest BCUT2D eigenvalue weighted by Gasteiger charge is 2.61. The third-order valence-electron chi connectivity index (χ3n) is 4.50. The number of hydrogen-bond acceptors (Lipinski definition) is 6. The maximum absolute atomic E-state index is 11.9. The van der Waals surface area contributed by atoms with Gasteiger partial charge in [-0.05, 0) is 31.6 Å². The molecule has 0 aromatic carbocycles. The average Bonchev–Trinajstić information content (AvgIpc) is 3.32. The van der Waals surface area contributed by atoms with Crippen LogP contribution in [0.5, 0.6) is 0 Å². The summed E-state index contributed by atoms with van der Waals surface area (Å²) in [5.74, 6) is -1.12. The Hall–Kier alpha value is -2.08. The van der Waals surface area contributed by atoms with Gasteiger partial charge in [0.1, 0.15) is 12.7 Å². The highest BCUT2D eigenvalue weighted by atomic mass is 16.6. The maximum Gasteiger partial charge on any atom is 0.327 e. The number of rotatable bonds is 5. The fourth-order valence-corrected chi connectivity index (χ4v) is 2.46. The number of ether oxygens (including phenoxy) is 2. The molecule has 5 atom stereocenters. The van der Waals surface area contributed by atoms with Crippen LogP contribution in [0, 0.1) is 45.3 Å². The lowest BCUT2D eigenvalue weighted by atomic mass is 10.1. The predicted molar refractivity (Wildman–Crippen MR) is 70.2 cm³/mol. The molecule has 0 aromatic rings. The van der Waals surface area contributed by atoms with Gasteiger partial charge in [0, 0.05) is 0 Å². The van der Waals surface area contributed by atoms with Crippen LogP contribution in [0.4, 0.5) is 0 Å². The third kappa shape index (κ3) is 2.47. The van der Waals surface area contributed by atoms with Gasteiger partial charge < -0.3 is 9.47 Å². The first kappa shape index (κ1) is 15.3. The number of carbonyl (C=O) groups is 2. The molecule has 0 spiro atoms. The summed E-state index contributed by atoms with van der Waals surface area (Å²) in [4.78, 5) is 23.7. The fourth-order valence-electron chi connectivity index (χ4n) is 2.46. The minimum Gasteiger partial charge on any atom is -0.461 e. The Balaban J connectivity index is 1.80. The molecule has 0 radical (unpaired) electrons. The van der Waals surface area contributed by atoms with Gasteiger partial charge in [-0.1, -0.05) is 13.8 Å². The van der Waals surface area contributed by atoms with Crippen LogP contribution in [-0.4, -0.2) is 24.6 Å². The van der Waals surface area contributed by atoms with Crippen molar-refractivity contribution in [2.24, 2.45) is 22.7 Å². The zero-order valence-electron chi connectivity index (χ0n) is 12.4. The molecule has 2 aliphatic rings. The van der Waals surface area contributed by atoms with Crippen LogP contribution in [0.1, 0.15) is 33.6 Å². The first-order valence-electron chi connectivity index (χ1n) is 7.03. The predicted octanol–water partition coefficient (Wildman–Crippen LogP) is 1.56. The molecular formula is C15H18N2O4. The normalized spacial score (nSPS) is 37.6. The lowest BCUT2D eigenvalue weighted by Gasteiger charge is -2.16. The Morgan fingerprint density at radius 1 is 1.14 bits per heavy atom. The molecule has 5 unspecified atom stereocenters. The highest BCUT2D eigenvalue weighted by Crippen LogP contribution is 2.53. The monoisotopic (exact) mass is 290 g/mol. The summed E-state index contributed by atoms with van der Waals surface area (Å²) in [5.41, 5.74) is -2.06. The molecule has 2 fully saturated rings. The molecule has 6 heteroatoms. The second kappa shape index (κ2) is 5.04. The third-order valence-corrected chi connectivity index (χ3v) is 4.50. The van der Waals surface area contributed by atoms with Crippen molar-refractivity contribution in [3.63, 3.8) is 0 Å². The molecule has 0 bridgehead atoms. The van der Waals surface area contributed by atoms with Gasteiger partial charge in [-0.2, -0.15) is 10.5 Å². The van der Waals surface area contributed by atoms with Gasteiger partial charge in [0.15, 0.2) is 10.8 Å². The van der Waals surface area contributed by atoms with Crippen molar-refractivity contribution < 1.29 is 19.1 Å². The molecule has 0 N–H and O–H groups in total.